The average Bonchev–Trinajstić information content (AvgIpc) is 2.52. The third-order valence-corrected chi connectivity index (χ3v) is 3.31. The normalized spacial score (nSPS) is 12.2. The van der Waals surface area contributed by atoms with Crippen LogP contribution in [0.4, 0.5) is 9.59 Å². The molecule has 1 atom stereocenters. The molecule has 0 saturated carbocycles. The maximum Gasteiger partial charge on any atom is 0.407 e. The molecular formula is C19H30N2O4. The number of alkyl carbamates (subject to hydrolysis) is 2. The molecule has 0 aliphatic rings. The fourth-order valence-electron chi connectivity index (χ4n) is 2.12. The van der Waals surface area contributed by atoms with Gasteiger partial charge in [-0.25, -0.2) is 9.59 Å². The minimum atomic E-state index is -0.484. The second kappa shape index (κ2) is 10.6. The number of carbonyl (C=O) groups is 2. The summed E-state index contributed by atoms with van der Waals surface area (Å²) in [4.78, 5) is 23.2. The molecule has 0 fully saturated rings. The standard InChI is InChI=1S/C19H30N2O4/c1-15(10-8-9-13-20-17(22)25-19(2,3)4)21-18(23)24-14-16-11-6-5-7-12-16/h5-7,11-12,15H,8-10,13-14H2,1-4H3,(H,20,22)(H,21,23)/t15-/m0/s1. The van der Waals surface area contributed by atoms with Gasteiger partial charge in [0, 0.05) is 12.6 Å². The van der Waals surface area contributed by atoms with Crippen LogP contribution in [0.1, 0.15) is 52.5 Å². The van der Waals surface area contributed by atoms with E-state index in [1.165, 1.54) is 0 Å². The summed E-state index contributed by atoms with van der Waals surface area (Å²) in [6, 6.07) is 9.58. The van der Waals surface area contributed by atoms with E-state index in [2.05, 4.69) is 10.6 Å². The molecule has 0 spiro atoms. The predicted octanol–water partition coefficient (Wildman–Crippen LogP) is 4.00. The SMILES string of the molecule is C[C@@H](CCCCNC(=O)OC(C)(C)C)NC(=O)OCc1ccccc1. The van der Waals surface area contributed by atoms with Crippen LogP contribution in [0.5, 0.6) is 0 Å². The summed E-state index contributed by atoms with van der Waals surface area (Å²) in [6.07, 6.45) is 1.71. The third kappa shape index (κ3) is 11.0. The van der Waals surface area contributed by atoms with Crippen molar-refractivity contribution in [2.75, 3.05) is 6.54 Å². The summed E-state index contributed by atoms with van der Waals surface area (Å²) >= 11 is 0. The molecule has 140 valence electrons. The fraction of sp³-hybridized carbons (Fsp3) is 0.579. The van der Waals surface area contributed by atoms with Gasteiger partial charge in [0.05, 0.1) is 0 Å². The Bertz CT molecular complexity index is 526. The van der Waals surface area contributed by atoms with Crippen LogP contribution in [0.2, 0.25) is 0 Å². The molecule has 0 aliphatic carbocycles. The molecule has 1 aromatic rings. The summed E-state index contributed by atoms with van der Waals surface area (Å²) < 4.78 is 10.3. The van der Waals surface area contributed by atoms with Gasteiger partial charge in [-0.2, -0.15) is 0 Å². The van der Waals surface area contributed by atoms with Gasteiger partial charge in [0.25, 0.3) is 0 Å². The number of nitrogens with one attached hydrogen (secondary N) is 2. The van der Waals surface area contributed by atoms with Crippen molar-refractivity contribution < 1.29 is 19.1 Å². The van der Waals surface area contributed by atoms with Crippen molar-refractivity contribution >= 4 is 12.2 Å². The maximum atomic E-state index is 11.7. The molecular weight excluding hydrogens is 320 g/mol. The largest absolute Gasteiger partial charge is 0.445 e. The highest BCUT2D eigenvalue weighted by atomic mass is 16.6. The van der Waals surface area contributed by atoms with Gasteiger partial charge in [-0.3, -0.25) is 0 Å². The van der Waals surface area contributed by atoms with E-state index in [1.807, 2.05) is 58.0 Å². The van der Waals surface area contributed by atoms with Gasteiger partial charge < -0.3 is 20.1 Å². The van der Waals surface area contributed by atoms with Crippen LogP contribution in [0, 0.1) is 0 Å². The summed E-state index contributed by atoms with van der Waals surface area (Å²) in [5.74, 6) is 0. The Hall–Kier alpha value is -2.24. The zero-order chi connectivity index (χ0) is 18.7. The minimum Gasteiger partial charge on any atom is -0.445 e. The number of hydrogen-bond acceptors (Lipinski definition) is 4. The Morgan fingerprint density at radius 2 is 1.76 bits per heavy atom. The lowest BCUT2D eigenvalue weighted by molar-refractivity contribution is 0.0527. The number of rotatable bonds is 8. The molecule has 2 N–H and O–H groups in total. The Labute approximate surface area is 150 Å². The number of ether oxygens (including phenoxy) is 2. The lowest BCUT2D eigenvalue weighted by Gasteiger charge is -2.19. The van der Waals surface area contributed by atoms with Crippen molar-refractivity contribution in [2.45, 2.75) is 65.2 Å². The number of amides is 2. The predicted molar refractivity (Wildman–Crippen MR) is 97.3 cm³/mol. The van der Waals surface area contributed by atoms with E-state index in [0.29, 0.717) is 6.54 Å². The maximum absolute atomic E-state index is 11.7. The monoisotopic (exact) mass is 350 g/mol. The second-order valence-electron chi connectivity index (χ2n) is 7.03. The summed E-state index contributed by atoms with van der Waals surface area (Å²) in [7, 11) is 0. The Balaban J connectivity index is 2.07. The highest BCUT2D eigenvalue weighted by Gasteiger charge is 2.15. The quantitative estimate of drug-likeness (QED) is 0.695. The fourth-order valence-corrected chi connectivity index (χ4v) is 2.12. The van der Waals surface area contributed by atoms with Gasteiger partial charge in [0.2, 0.25) is 0 Å². The zero-order valence-corrected chi connectivity index (χ0v) is 15.6. The second-order valence-corrected chi connectivity index (χ2v) is 7.03. The van der Waals surface area contributed by atoms with Crippen molar-refractivity contribution in [3.8, 4) is 0 Å². The van der Waals surface area contributed by atoms with Crippen LogP contribution in [0.3, 0.4) is 0 Å². The van der Waals surface area contributed by atoms with E-state index in [1.54, 1.807) is 0 Å². The number of carbonyl (C=O) groups excluding carboxylic acids is 2. The van der Waals surface area contributed by atoms with Crippen LogP contribution in [0.15, 0.2) is 30.3 Å². The van der Waals surface area contributed by atoms with Crippen LogP contribution < -0.4 is 10.6 Å². The third-order valence-electron chi connectivity index (χ3n) is 3.31. The smallest absolute Gasteiger partial charge is 0.407 e. The Morgan fingerprint density at radius 3 is 2.40 bits per heavy atom. The van der Waals surface area contributed by atoms with Crippen molar-refractivity contribution in [3.63, 3.8) is 0 Å². The molecule has 0 bridgehead atoms. The first-order valence-electron chi connectivity index (χ1n) is 8.70. The summed E-state index contributed by atoms with van der Waals surface area (Å²) in [6.45, 7) is 8.24. The van der Waals surface area contributed by atoms with Gasteiger partial charge in [-0.15, -0.1) is 0 Å². The van der Waals surface area contributed by atoms with E-state index in [-0.39, 0.29) is 12.6 Å². The molecule has 6 nitrogen and oxygen atoms in total. The van der Waals surface area contributed by atoms with Gasteiger partial charge in [0.1, 0.15) is 12.2 Å². The molecule has 25 heavy (non-hydrogen) atoms. The summed E-state index contributed by atoms with van der Waals surface area (Å²) in [5, 5.41) is 5.53. The van der Waals surface area contributed by atoms with Crippen LogP contribution in [-0.4, -0.2) is 30.4 Å². The first-order chi connectivity index (χ1) is 11.8. The van der Waals surface area contributed by atoms with Crippen molar-refractivity contribution in [1.82, 2.24) is 10.6 Å². The molecule has 0 radical (unpaired) electrons. The Morgan fingerprint density at radius 1 is 1.08 bits per heavy atom. The number of unbranched alkanes of at least 4 members (excludes halogenated alkanes) is 1. The first kappa shape index (κ1) is 20.8. The molecule has 0 unspecified atom stereocenters. The van der Waals surface area contributed by atoms with Crippen LogP contribution in [0.25, 0.3) is 0 Å². The molecule has 0 heterocycles. The van der Waals surface area contributed by atoms with Crippen LogP contribution >= 0.6 is 0 Å². The molecule has 2 amide bonds. The average molecular weight is 350 g/mol. The molecule has 1 aromatic carbocycles. The topological polar surface area (TPSA) is 76.7 Å². The highest BCUT2D eigenvalue weighted by Crippen LogP contribution is 2.07. The van der Waals surface area contributed by atoms with E-state index < -0.39 is 17.8 Å². The summed E-state index contributed by atoms with van der Waals surface area (Å²) in [5.41, 5.74) is 0.473. The van der Waals surface area contributed by atoms with E-state index in [0.717, 1.165) is 24.8 Å². The van der Waals surface area contributed by atoms with Gasteiger partial charge in [0.15, 0.2) is 0 Å². The number of hydrogen-bond donors (Lipinski definition) is 2. The first-order valence-corrected chi connectivity index (χ1v) is 8.70. The lowest BCUT2D eigenvalue weighted by atomic mass is 10.1. The van der Waals surface area contributed by atoms with Crippen molar-refractivity contribution in [1.29, 1.82) is 0 Å². The van der Waals surface area contributed by atoms with Gasteiger partial charge in [-0.05, 0) is 52.5 Å². The molecule has 1 rings (SSSR count). The molecule has 0 saturated heterocycles. The lowest BCUT2D eigenvalue weighted by Crippen LogP contribution is -2.34. The van der Waals surface area contributed by atoms with Crippen molar-refractivity contribution in [3.05, 3.63) is 35.9 Å². The van der Waals surface area contributed by atoms with E-state index in [9.17, 15) is 9.59 Å². The molecule has 0 aliphatic heterocycles. The minimum absolute atomic E-state index is 0.0183. The van der Waals surface area contributed by atoms with Gasteiger partial charge >= 0.3 is 12.2 Å². The van der Waals surface area contributed by atoms with E-state index >= 15 is 0 Å². The zero-order valence-electron chi connectivity index (χ0n) is 15.6. The van der Waals surface area contributed by atoms with Crippen LogP contribution in [-0.2, 0) is 16.1 Å². The number of benzene rings is 1. The Kier molecular flexibility index (Phi) is 8.81. The van der Waals surface area contributed by atoms with E-state index in [4.69, 9.17) is 9.47 Å². The van der Waals surface area contributed by atoms with Crippen molar-refractivity contribution in [2.24, 2.45) is 0 Å². The molecule has 6 heteroatoms. The molecule has 0 aromatic heterocycles. The van der Waals surface area contributed by atoms with Gasteiger partial charge in [-0.1, -0.05) is 30.3 Å². The highest BCUT2D eigenvalue weighted by molar-refractivity contribution is 5.67.